The lowest BCUT2D eigenvalue weighted by atomic mass is 9.96. The molecule has 3 aromatic heterocycles. The number of benzene rings is 10. The van der Waals surface area contributed by atoms with Gasteiger partial charge in [0.2, 0.25) is 0 Å². The molecule has 0 aliphatic carbocycles. The van der Waals surface area contributed by atoms with Crippen LogP contribution in [0.2, 0.25) is 0 Å². The molecule has 4 nitrogen and oxygen atoms in total. The monoisotopic (exact) mass is 842 g/mol. The lowest BCUT2D eigenvalue weighted by Gasteiger charge is -2.25. The molecule has 0 saturated heterocycles. The highest BCUT2D eigenvalue weighted by molar-refractivity contribution is 6.27. The number of nitrogens with zero attached hydrogens (tertiary/aromatic N) is 2. The normalized spacial score (nSPS) is 11.9. The molecule has 66 heavy (non-hydrogen) atoms. The summed E-state index contributed by atoms with van der Waals surface area (Å²) >= 11 is 0. The van der Waals surface area contributed by atoms with Gasteiger partial charge >= 0.3 is 0 Å². The van der Waals surface area contributed by atoms with Crippen molar-refractivity contribution in [1.82, 2.24) is 4.57 Å². The fourth-order valence-electron chi connectivity index (χ4n) is 10.7. The minimum absolute atomic E-state index is 0.844. The molecule has 0 bridgehead atoms. The minimum atomic E-state index is 0.844. The van der Waals surface area contributed by atoms with Crippen molar-refractivity contribution in [3.63, 3.8) is 0 Å². The van der Waals surface area contributed by atoms with Crippen LogP contribution in [0.3, 0.4) is 0 Å². The van der Waals surface area contributed by atoms with Crippen molar-refractivity contribution in [1.29, 1.82) is 0 Å². The molecule has 308 valence electrons. The summed E-state index contributed by atoms with van der Waals surface area (Å²) in [5.41, 5.74) is 10.0. The topological polar surface area (TPSA) is 34.5 Å². The van der Waals surface area contributed by atoms with Crippen LogP contribution in [0.1, 0.15) is 0 Å². The quantitative estimate of drug-likeness (QED) is 0.177. The van der Waals surface area contributed by atoms with E-state index in [1.807, 2.05) is 6.07 Å². The number of fused-ring (bicyclic) bond motifs is 17. The molecule has 0 spiro atoms. The summed E-state index contributed by atoms with van der Waals surface area (Å²) in [6.07, 6.45) is 0. The molecule has 0 unspecified atom stereocenters. The van der Waals surface area contributed by atoms with Crippen molar-refractivity contribution in [3.8, 4) is 5.69 Å². The molecule has 14 rings (SSSR count). The van der Waals surface area contributed by atoms with Crippen LogP contribution in [0.15, 0.2) is 239 Å². The third-order valence-electron chi connectivity index (χ3n) is 13.6. The maximum Gasteiger partial charge on any atom is 0.145 e. The predicted octanol–water partition coefficient (Wildman–Crippen LogP) is 17.8. The molecule has 0 atom stereocenters. The Balaban J connectivity index is 1.13. The van der Waals surface area contributed by atoms with Gasteiger partial charge in [-0.3, -0.25) is 0 Å². The van der Waals surface area contributed by atoms with E-state index < -0.39 is 0 Å². The van der Waals surface area contributed by atoms with E-state index in [2.05, 4.69) is 234 Å². The Morgan fingerprint density at radius 1 is 0.288 bits per heavy atom. The molecule has 0 fully saturated rings. The average Bonchev–Trinajstić information content (AvgIpc) is 4.05. The average molecular weight is 843 g/mol. The standard InChI is InChI=1S/C62H38N2O2/c1-3-17-40(18-4-1)63(41-19-5-2-6-20-41)42-32-34-56-53(36-42)47-25-11-14-28-55(47)64(56)57-38-52-46-24-10-8-22-44(46)43-21-7-9-23-45(43)51-37-54-48-26-12-15-29-58(48)65-60(54)35-39(51)31-33-49(52)62-61(57)50-27-13-16-30-59(50)66-62/h1-38H. The SMILES string of the molecule is c1ccc(N(c2ccccc2)c2ccc3c(c2)c2ccccc2n3-c2cc3c4ccccc4c4ccccc4c4cc5c(cc4ccc3c3oc4ccccc4c23)oc2ccccc25)cc1. The highest BCUT2D eigenvalue weighted by Crippen LogP contribution is 2.45. The molecule has 0 N–H and O–H groups in total. The van der Waals surface area contributed by atoms with Crippen LogP contribution in [0, 0.1) is 0 Å². The number of para-hydroxylation sites is 5. The summed E-state index contributed by atoms with van der Waals surface area (Å²) in [5.74, 6) is 0. The van der Waals surface area contributed by atoms with Gasteiger partial charge in [0.15, 0.2) is 0 Å². The van der Waals surface area contributed by atoms with Gasteiger partial charge in [0.25, 0.3) is 0 Å². The van der Waals surface area contributed by atoms with Crippen molar-refractivity contribution in [2.24, 2.45) is 0 Å². The summed E-state index contributed by atoms with van der Waals surface area (Å²) in [4.78, 5) is 2.34. The van der Waals surface area contributed by atoms with Gasteiger partial charge in [-0.15, -0.1) is 0 Å². The molecule has 0 radical (unpaired) electrons. The van der Waals surface area contributed by atoms with E-state index in [1.165, 1.54) is 21.5 Å². The van der Waals surface area contributed by atoms with Gasteiger partial charge in [-0.1, -0.05) is 146 Å². The first-order valence-corrected chi connectivity index (χ1v) is 22.5. The molecule has 0 aliphatic heterocycles. The van der Waals surface area contributed by atoms with Crippen molar-refractivity contribution >= 4 is 126 Å². The summed E-state index contributed by atoms with van der Waals surface area (Å²) in [6.45, 7) is 0. The van der Waals surface area contributed by atoms with Crippen molar-refractivity contribution in [2.75, 3.05) is 4.90 Å². The van der Waals surface area contributed by atoms with E-state index in [0.717, 1.165) is 110 Å². The Hall–Kier alpha value is -8.86. The van der Waals surface area contributed by atoms with Gasteiger partial charge < -0.3 is 18.3 Å². The maximum absolute atomic E-state index is 7.12. The van der Waals surface area contributed by atoms with Crippen molar-refractivity contribution in [3.05, 3.63) is 231 Å². The molecular formula is C62H38N2O2. The first kappa shape index (κ1) is 36.6. The Morgan fingerprint density at radius 3 is 1.53 bits per heavy atom. The van der Waals surface area contributed by atoms with Gasteiger partial charge in [-0.25, -0.2) is 0 Å². The van der Waals surface area contributed by atoms with Crippen LogP contribution < -0.4 is 4.90 Å². The zero-order valence-corrected chi connectivity index (χ0v) is 35.7. The summed E-state index contributed by atoms with van der Waals surface area (Å²) < 4.78 is 16.1. The molecule has 11 aromatic carbocycles. The van der Waals surface area contributed by atoms with E-state index in [9.17, 15) is 0 Å². The number of anilines is 3. The largest absolute Gasteiger partial charge is 0.456 e. The second-order valence-electron chi connectivity index (χ2n) is 17.2. The first-order valence-electron chi connectivity index (χ1n) is 22.5. The third-order valence-corrected chi connectivity index (χ3v) is 13.6. The zero-order valence-electron chi connectivity index (χ0n) is 35.7. The van der Waals surface area contributed by atoms with Crippen LogP contribution in [0.4, 0.5) is 17.1 Å². The summed E-state index contributed by atoms with van der Waals surface area (Å²) in [7, 11) is 0. The van der Waals surface area contributed by atoms with Gasteiger partial charge in [0.05, 0.1) is 22.1 Å². The first-order chi connectivity index (χ1) is 32.7. The van der Waals surface area contributed by atoms with E-state index in [-0.39, 0.29) is 0 Å². The Kier molecular flexibility index (Phi) is 7.95. The number of aromatic nitrogens is 1. The predicted molar refractivity (Wildman–Crippen MR) is 278 cm³/mol. The van der Waals surface area contributed by atoms with Gasteiger partial charge in [-0.05, 0) is 123 Å². The van der Waals surface area contributed by atoms with Crippen LogP contribution in [-0.4, -0.2) is 4.57 Å². The van der Waals surface area contributed by atoms with Gasteiger partial charge in [-0.2, -0.15) is 0 Å². The molecule has 3 heterocycles. The third kappa shape index (κ3) is 5.45. The minimum Gasteiger partial charge on any atom is -0.456 e. The maximum atomic E-state index is 7.12. The fourth-order valence-corrected chi connectivity index (χ4v) is 10.7. The van der Waals surface area contributed by atoms with Crippen LogP contribution >= 0.6 is 0 Å². The zero-order chi connectivity index (χ0) is 43.3. The highest BCUT2D eigenvalue weighted by Gasteiger charge is 2.22. The summed E-state index contributed by atoms with van der Waals surface area (Å²) in [6, 6.07) is 82.9. The van der Waals surface area contributed by atoms with Crippen LogP contribution in [0.25, 0.3) is 114 Å². The van der Waals surface area contributed by atoms with E-state index >= 15 is 0 Å². The number of hydrogen-bond acceptors (Lipinski definition) is 3. The van der Waals surface area contributed by atoms with Gasteiger partial charge in [0.1, 0.15) is 22.3 Å². The Bertz CT molecular complexity index is 4310. The van der Waals surface area contributed by atoms with E-state index in [4.69, 9.17) is 8.83 Å². The Morgan fingerprint density at radius 2 is 0.833 bits per heavy atom. The number of furan rings is 2. The molecule has 0 amide bonds. The lowest BCUT2D eigenvalue weighted by Crippen LogP contribution is -2.09. The molecule has 0 saturated carbocycles. The second-order valence-corrected chi connectivity index (χ2v) is 17.2. The number of hydrogen-bond donors (Lipinski definition) is 0. The molecule has 4 heteroatoms. The van der Waals surface area contributed by atoms with E-state index in [1.54, 1.807) is 0 Å². The van der Waals surface area contributed by atoms with Crippen LogP contribution in [0.5, 0.6) is 0 Å². The number of rotatable bonds is 4. The summed E-state index contributed by atoms with van der Waals surface area (Å²) in [5, 5.41) is 15.7. The molecular weight excluding hydrogens is 805 g/mol. The fraction of sp³-hybridized carbons (Fsp3) is 0. The second kappa shape index (κ2) is 14.3. The lowest BCUT2D eigenvalue weighted by molar-refractivity contribution is 0.669. The van der Waals surface area contributed by atoms with Gasteiger partial charge in [0, 0.05) is 49.4 Å². The molecule has 14 aromatic rings. The van der Waals surface area contributed by atoms with Crippen molar-refractivity contribution < 1.29 is 8.83 Å². The smallest absolute Gasteiger partial charge is 0.145 e. The van der Waals surface area contributed by atoms with Crippen LogP contribution in [-0.2, 0) is 0 Å². The van der Waals surface area contributed by atoms with E-state index in [0.29, 0.717) is 0 Å². The molecule has 0 aliphatic rings. The van der Waals surface area contributed by atoms with Crippen molar-refractivity contribution in [2.45, 2.75) is 0 Å². The highest BCUT2D eigenvalue weighted by atomic mass is 16.3. The Labute approximate surface area is 378 Å².